The number of nitrogens with two attached hydrogens (primary N) is 2. The summed E-state index contributed by atoms with van der Waals surface area (Å²) in [6.07, 6.45) is 6.55. The maximum atomic E-state index is 5.52. The van der Waals surface area contributed by atoms with Crippen molar-refractivity contribution in [2.45, 2.75) is 45.1 Å². The van der Waals surface area contributed by atoms with Crippen LogP contribution >= 0.6 is 37.0 Å². The van der Waals surface area contributed by atoms with Crippen LogP contribution in [0.3, 0.4) is 0 Å². The molecule has 3 nitrogen and oxygen atoms in total. The molecule has 0 amide bonds. The summed E-state index contributed by atoms with van der Waals surface area (Å²) in [6.45, 7) is 2.65. The Morgan fingerprint density at radius 2 is 1.62 bits per heavy atom. The molecule has 0 aliphatic heterocycles. The lowest BCUT2D eigenvalue weighted by molar-refractivity contribution is 0.280. The monoisotopic (exact) mass is 289 g/mol. The van der Waals surface area contributed by atoms with Gasteiger partial charge in [-0.25, -0.2) is 0 Å². The van der Waals surface area contributed by atoms with E-state index in [-0.39, 0.29) is 24.8 Å². The molecule has 4 N–H and O–H groups in total. The third-order valence-electron chi connectivity index (χ3n) is 2.47. The maximum absolute atomic E-state index is 5.52. The first-order valence-electron chi connectivity index (χ1n) is 5.35. The van der Waals surface area contributed by atoms with Crippen molar-refractivity contribution in [1.29, 1.82) is 0 Å². The van der Waals surface area contributed by atoms with Crippen molar-refractivity contribution >= 4 is 42.1 Å². The minimum Gasteiger partial charge on any atom is -0.376 e. The number of rotatable bonds is 1. The second-order valence-corrected chi connectivity index (χ2v) is 4.07. The Hall–Kier alpha value is 0.230. The smallest absolute Gasteiger partial charge is 0.166 e. The van der Waals surface area contributed by atoms with Crippen molar-refractivity contribution in [3.63, 3.8) is 0 Å². The molecule has 0 bridgehead atoms. The normalized spacial score (nSPS) is 14.7. The van der Waals surface area contributed by atoms with Crippen molar-refractivity contribution in [1.82, 2.24) is 4.90 Å². The first-order chi connectivity index (χ1) is 6.63. The highest BCUT2D eigenvalue weighted by Crippen LogP contribution is 2.21. The van der Waals surface area contributed by atoms with Crippen LogP contribution in [0, 0.1) is 0 Å². The van der Waals surface area contributed by atoms with Crippen LogP contribution in [0.1, 0.15) is 39.0 Å². The second-order valence-electron chi connectivity index (χ2n) is 3.65. The zero-order valence-electron chi connectivity index (χ0n) is 10.1. The lowest BCUT2D eigenvalue weighted by Crippen LogP contribution is -2.41. The molecule has 1 fully saturated rings. The van der Waals surface area contributed by atoms with Crippen LogP contribution in [0.2, 0.25) is 0 Å². The second kappa shape index (κ2) is 13.3. The molecular weight excluding hydrogens is 265 g/mol. The van der Waals surface area contributed by atoms with E-state index < -0.39 is 0 Å². The summed E-state index contributed by atoms with van der Waals surface area (Å²) >= 11 is 4.90. The average Bonchev–Trinajstić information content (AvgIpc) is 2.19. The molecule has 16 heavy (non-hydrogen) atoms. The summed E-state index contributed by atoms with van der Waals surface area (Å²) in [5.41, 5.74) is 10.4. The van der Waals surface area contributed by atoms with E-state index >= 15 is 0 Å². The van der Waals surface area contributed by atoms with Gasteiger partial charge in [-0.3, -0.25) is 0 Å². The van der Waals surface area contributed by atoms with Gasteiger partial charge in [0, 0.05) is 13.1 Å². The minimum atomic E-state index is 0. The number of thiocarbonyl (C=S) groups is 1. The molecule has 0 unspecified atom stereocenters. The molecule has 0 aromatic carbocycles. The topological polar surface area (TPSA) is 55.3 Å². The van der Waals surface area contributed by atoms with E-state index in [0.29, 0.717) is 11.2 Å². The fourth-order valence-electron chi connectivity index (χ4n) is 1.65. The Labute approximate surface area is 117 Å². The Kier molecular flexibility index (Phi) is 17.9. The summed E-state index contributed by atoms with van der Waals surface area (Å²) in [6, 6.07) is 0.612. The summed E-state index contributed by atoms with van der Waals surface area (Å²) in [4.78, 5) is 2.04. The fourth-order valence-corrected chi connectivity index (χ4v) is 1.80. The summed E-state index contributed by atoms with van der Waals surface area (Å²) in [5.74, 6) is 0. The standard InChI is InChI=1S/C8H16N2S.C2H7N.2ClH/c1-10(8(9)11)7-5-3-2-4-6-7;1-2-3;;/h7H,2-6H2,1H3,(H2,9,11);2-3H2,1H3;2*1H. The molecule has 100 valence electrons. The van der Waals surface area contributed by atoms with Gasteiger partial charge in [0.15, 0.2) is 5.11 Å². The molecule has 6 heteroatoms. The van der Waals surface area contributed by atoms with Crippen molar-refractivity contribution < 1.29 is 0 Å². The van der Waals surface area contributed by atoms with Gasteiger partial charge in [-0.2, -0.15) is 0 Å². The third-order valence-corrected chi connectivity index (χ3v) is 2.76. The molecule has 1 aliphatic rings. The Morgan fingerprint density at radius 3 is 1.94 bits per heavy atom. The van der Waals surface area contributed by atoms with E-state index in [2.05, 4.69) is 0 Å². The van der Waals surface area contributed by atoms with E-state index in [0.717, 1.165) is 6.54 Å². The van der Waals surface area contributed by atoms with Gasteiger partial charge in [-0.05, 0) is 31.6 Å². The van der Waals surface area contributed by atoms with E-state index in [1.165, 1.54) is 32.1 Å². The highest BCUT2D eigenvalue weighted by molar-refractivity contribution is 7.80. The average molecular weight is 290 g/mol. The van der Waals surface area contributed by atoms with Gasteiger partial charge in [0.25, 0.3) is 0 Å². The molecule has 0 radical (unpaired) electrons. The van der Waals surface area contributed by atoms with Gasteiger partial charge in [-0.15, -0.1) is 24.8 Å². The molecule has 0 atom stereocenters. The Balaban J connectivity index is -0.000000306. The van der Waals surface area contributed by atoms with E-state index in [4.69, 9.17) is 23.7 Å². The lowest BCUT2D eigenvalue weighted by atomic mass is 9.95. The first-order valence-corrected chi connectivity index (χ1v) is 5.76. The van der Waals surface area contributed by atoms with Gasteiger partial charge >= 0.3 is 0 Å². The third kappa shape index (κ3) is 9.46. The summed E-state index contributed by atoms with van der Waals surface area (Å²) in [5, 5.41) is 0.539. The molecule has 0 saturated heterocycles. The van der Waals surface area contributed by atoms with Crippen LogP contribution < -0.4 is 11.5 Å². The van der Waals surface area contributed by atoms with Crippen molar-refractivity contribution in [2.75, 3.05) is 13.6 Å². The van der Waals surface area contributed by atoms with Crippen LogP contribution in [0.15, 0.2) is 0 Å². The van der Waals surface area contributed by atoms with Gasteiger partial charge in [0.2, 0.25) is 0 Å². The van der Waals surface area contributed by atoms with Crippen LogP contribution in [0.4, 0.5) is 0 Å². The van der Waals surface area contributed by atoms with Crippen molar-refractivity contribution in [3.8, 4) is 0 Å². The van der Waals surface area contributed by atoms with Gasteiger partial charge in [0.05, 0.1) is 0 Å². The largest absolute Gasteiger partial charge is 0.376 e. The van der Waals surface area contributed by atoms with Crippen LogP contribution in [0.5, 0.6) is 0 Å². The number of hydrogen-bond acceptors (Lipinski definition) is 2. The quantitative estimate of drug-likeness (QED) is 0.728. The highest BCUT2D eigenvalue weighted by atomic mass is 35.5. The van der Waals surface area contributed by atoms with Crippen molar-refractivity contribution in [2.24, 2.45) is 11.5 Å². The van der Waals surface area contributed by atoms with Gasteiger partial charge < -0.3 is 16.4 Å². The Morgan fingerprint density at radius 1 is 1.25 bits per heavy atom. The SMILES string of the molecule is CCN.CN(C(N)=S)C1CCCCC1.Cl.Cl. The molecule has 0 aromatic rings. The Bertz CT molecular complexity index is 164. The molecule has 0 aromatic heterocycles. The fraction of sp³-hybridized carbons (Fsp3) is 0.900. The lowest BCUT2D eigenvalue weighted by Gasteiger charge is -2.31. The maximum Gasteiger partial charge on any atom is 0.166 e. The van der Waals surface area contributed by atoms with Crippen molar-refractivity contribution in [3.05, 3.63) is 0 Å². The zero-order valence-corrected chi connectivity index (χ0v) is 12.6. The van der Waals surface area contributed by atoms with Gasteiger partial charge in [0.1, 0.15) is 0 Å². The van der Waals surface area contributed by atoms with Crippen LogP contribution in [0.25, 0.3) is 0 Å². The first kappa shape index (κ1) is 21.5. The van der Waals surface area contributed by atoms with E-state index in [1.54, 1.807) is 0 Å². The summed E-state index contributed by atoms with van der Waals surface area (Å²) in [7, 11) is 2.00. The number of hydrogen-bond donors (Lipinski definition) is 2. The molecule has 0 heterocycles. The minimum absolute atomic E-state index is 0. The summed E-state index contributed by atoms with van der Waals surface area (Å²) < 4.78 is 0. The zero-order chi connectivity index (χ0) is 11.0. The van der Waals surface area contributed by atoms with E-state index in [9.17, 15) is 0 Å². The number of halogens is 2. The predicted octanol–water partition coefficient (Wildman–Crippen LogP) is 2.30. The highest BCUT2D eigenvalue weighted by Gasteiger charge is 2.17. The predicted molar refractivity (Wildman–Crippen MR) is 80.6 cm³/mol. The molecule has 1 aliphatic carbocycles. The van der Waals surface area contributed by atoms with Crippen LogP contribution in [-0.2, 0) is 0 Å². The van der Waals surface area contributed by atoms with Gasteiger partial charge in [-0.1, -0.05) is 26.2 Å². The molecule has 1 saturated carbocycles. The molecule has 1 rings (SSSR count). The molecule has 0 spiro atoms. The van der Waals surface area contributed by atoms with Crippen LogP contribution in [-0.4, -0.2) is 29.6 Å². The number of nitrogens with zero attached hydrogens (tertiary/aromatic N) is 1. The molecular formula is C10H25Cl2N3S. The van der Waals surface area contributed by atoms with E-state index in [1.807, 2.05) is 18.9 Å².